The number of carbonyl (C=O) groups is 2. The predicted molar refractivity (Wildman–Crippen MR) is 103 cm³/mol. The van der Waals surface area contributed by atoms with Gasteiger partial charge in [-0.2, -0.15) is 0 Å². The van der Waals surface area contributed by atoms with Crippen LogP contribution in [0.25, 0.3) is 11.1 Å². The SMILES string of the molecule is NC(C[C@@H](Cc1ccc(-c2ccccc2F)cc1)NC(=O)c1c[nH]nn1)C(=O)O. The van der Waals surface area contributed by atoms with Crippen LogP contribution in [0.1, 0.15) is 22.5 Å². The van der Waals surface area contributed by atoms with E-state index in [0.29, 0.717) is 12.0 Å². The van der Waals surface area contributed by atoms with Crippen molar-refractivity contribution in [1.29, 1.82) is 0 Å². The molecule has 5 N–H and O–H groups in total. The van der Waals surface area contributed by atoms with Crippen molar-refractivity contribution in [3.05, 3.63) is 71.8 Å². The van der Waals surface area contributed by atoms with E-state index in [1.165, 1.54) is 12.3 Å². The van der Waals surface area contributed by atoms with Gasteiger partial charge in [-0.3, -0.25) is 14.7 Å². The van der Waals surface area contributed by atoms with Crippen LogP contribution >= 0.6 is 0 Å². The molecule has 0 fully saturated rings. The molecule has 3 aromatic rings. The maximum absolute atomic E-state index is 14.0. The number of carbonyl (C=O) groups excluding carboxylic acids is 1. The van der Waals surface area contributed by atoms with Crippen molar-refractivity contribution in [2.24, 2.45) is 5.73 Å². The Balaban J connectivity index is 1.75. The van der Waals surface area contributed by atoms with Gasteiger partial charge in [-0.05, 0) is 30.0 Å². The number of hydrogen-bond donors (Lipinski definition) is 4. The van der Waals surface area contributed by atoms with Gasteiger partial charge in [-0.15, -0.1) is 5.10 Å². The molecule has 9 heteroatoms. The number of amides is 1. The van der Waals surface area contributed by atoms with Crippen molar-refractivity contribution in [3.8, 4) is 11.1 Å². The second-order valence-corrected chi connectivity index (χ2v) is 6.59. The maximum Gasteiger partial charge on any atom is 0.320 e. The lowest BCUT2D eigenvalue weighted by Gasteiger charge is -2.20. The van der Waals surface area contributed by atoms with Crippen molar-refractivity contribution < 1.29 is 19.1 Å². The Labute approximate surface area is 165 Å². The third-order valence-electron chi connectivity index (χ3n) is 4.46. The fourth-order valence-corrected chi connectivity index (χ4v) is 2.97. The molecule has 1 amide bonds. The zero-order valence-corrected chi connectivity index (χ0v) is 15.4. The lowest BCUT2D eigenvalue weighted by atomic mass is 9.97. The van der Waals surface area contributed by atoms with E-state index in [4.69, 9.17) is 10.8 Å². The molecule has 1 aromatic heterocycles. The maximum atomic E-state index is 14.0. The highest BCUT2D eigenvalue weighted by molar-refractivity contribution is 5.92. The highest BCUT2D eigenvalue weighted by Gasteiger charge is 2.22. The quantitative estimate of drug-likeness (QED) is 0.458. The summed E-state index contributed by atoms with van der Waals surface area (Å²) in [5.41, 5.74) is 7.80. The van der Waals surface area contributed by atoms with Gasteiger partial charge in [0.1, 0.15) is 11.9 Å². The molecule has 29 heavy (non-hydrogen) atoms. The molecule has 0 radical (unpaired) electrons. The van der Waals surface area contributed by atoms with E-state index >= 15 is 0 Å². The van der Waals surface area contributed by atoms with E-state index in [2.05, 4.69) is 20.7 Å². The van der Waals surface area contributed by atoms with Crippen LogP contribution in [0, 0.1) is 5.82 Å². The summed E-state index contributed by atoms with van der Waals surface area (Å²) in [5, 5.41) is 21.4. The molecule has 0 spiro atoms. The fourth-order valence-electron chi connectivity index (χ4n) is 2.97. The minimum absolute atomic E-state index is 0.0357. The third-order valence-corrected chi connectivity index (χ3v) is 4.46. The lowest BCUT2D eigenvalue weighted by Crippen LogP contribution is -2.43. The number of hydrogen-bond acceptors (Lipinski definition) is 5. The second kappa shape index (κ2) is 9.07. The first-order valence-corrected chi connectivity index (χ1v) is 8.93. The number of rotatable bonds is 8. The van der Waals surface area contributed by atoms with E-state index in [9.17, 15) is 14.0 Å². The smallest absolute Gasteiger partial charge is 0.320 e. The molecule has 1 unspecified atom stereocenters. The summed E-state index contributed by atoms with van der Waals surface area (Å²) >= 11 is 0. The van der Waals surface area contributed by atoms with Crippen LogP contribution in [0.15, 0.2) is 54.7 Å². The molecule has 1 heterocycles. The predicted octanol–water partition coefficient (Wildman–Crippen LogP) is 1.75. The summed E-state index contributed by atoms with van der Waals surface area (Å²) in [6, 6.07) is 12.0. The average molecular weight is 397 g/mol. The van der Waals surface area contributed by atoms with Crippen LogP contribution < -0.4 is 11.1 Å². The van der Waals surface area contributed by atoms with Crippen molar-refractivity contribution >= 4 is 11.9 Å². The monoisotopic (exact) mass is 397 g/mol. The van der Waals surface area contributed by atoms with Crippen LogP contribution in [0.3, 0.4) is 0 Å². The minimum Gasteiger partial charge on any atom is -0.480 e. The molecule has 0 saturated carbocycles. The Kier molecular flexibility index (Phi) is 6.30. The number of aromatic amines is 1. The molecule has 2 aromatic carbocycles. The van der Waals surface area contributed by atoms with Gasteiger partial charge in [0.25, 0.3) is 5.91 Å². The summed E-state index contributed by atoms with van der Waals surface area (Å²) in [6.07, 6.45) is 1.73. The number of aromatic nitrogens is 3. The number of nitrogens with one attached hydrogen (secondary N) is 2. The Bertz CT molecular complexity index is 976. The molecule has 150 valence electrons. The lowest BCUT2D eigenvalue weighted by molar-refractivity contribution is -0.138. The van der Waals surface area contributed by atoms with Gasteiger partial charge in [0, 0.05) is 11.6 Å². The Morgan fingerprint density at radius 3 is 2.52 bits per heavy atom. The topological polar surface area (TPSA) is 134 Å². The summed E-state index contributed by atoms with van der Waals surface area (Å²) < 4.78 is 14.0. The summed E-state index contributed by atoms with van der Waals surface area (Å²) in [5.74, 6) is -1.95. The molecule has 2 atom stereocenters. The summed E-state index contributed by atoms with van der Waals surface area (Å²) in [7, 11) is 0. The molecule has 3 rings (SSSR count). The first kappa shape index (κ1) is 20.2. The Morgan fingerprint density at radius 2 is 1.90 bits per heavy atom. The largest absolute Gasteiger partial charge is 0.480 e. The Morgan fingerprint density at radius 1 is 1.17 bits per heavy atom. The number of carboxylic acid groups (broad SMARTS) is 1. The molecule has 0 aliphatic heterocycles. The van der Waals surface area contributed by atoms with Crippen LogP contribution in [0.5, 0.6) is 0 Å². The first-order valence-electron chi connectivity index (χ1n) is 8.93. The van der Waals surface area contributed by atoms with Crippen LogP contribution in [-0.2, 0) is 11.2 Å². The van der Waals surface area contributed by atoms with Crippen molar-refractivity contribution in [2.45, 2.75) is 24.9 Å². The standard InChI is InChI=1S/C20H20FN5O3/c21-16-4-2-1-3-15(16)13-7-5-12(6-8-13)9-14(10-17(22)20(28)29)24-19(27)18-11-23-26-25-18/h1-8,11,14,17H,9-10,22H2,(H,24,27)(H,28,29)(H,23,25,26)/t14-,17?/m1/s1. The minimum atomic E-state index is -1.15. The van der Waals surface area contributed by atoms with Gasteiger partial charge in [0.05, 0.1) is 6.20 Å². The van der Waals surface area contributed by atoms with E-state index in [0.717, 1.165) is 11.1 Å². The average Bonchev–Trinajstić information content (AvgIpc) is 3.24. The third kappa shape index (κ3) is 5.23. The van der Waals surface area contributed by atoms with Crippen molar-refractivity contribution in [1.82, 2.24) is 20.7 Å². The van der Waals surface area contributed by atoms with Gasteiger partial charge >= 0.3 is 5.97 Å². The van der Waals surface area contributed by atoms with Gasteiger partial charge in [-0.25, -0.2) is 4.39 Å². The number of carboxylic acids is 1. The highest BCUT2D eigenvalue weighted by Crippen LogP contribution is 2.23. The number of nitrogens with zero attached hydrogens (tertiary/aromatic N) is 2. The van der Waals surface area contributed by atoms with E-state index in [1.807, 2.05) is 12.1 Å². The molecule has 8 nitrogen and oxygen atoms in total. The second-order valence-electron chi connectivity index (χ2n) is 6.59. The van der Waals surface area contributed by atoms with E-state index in [-0.39, 0.29) is 17.9 Å². The number of aliphatic carboxylic acids is 1. The van der Waals surface area contributed by atoms with Gasteiger partial charge in [0.2, 0.25) is 0 Å². The van der Waals surface area contributed by atoms with Gasteiger partial charge in [0.15, 0.2) is 5.69 Å². The number of halogens is 1. The van der Waals surface area contributed by atoms with Crippen LogP contribution in [0.2, 0.25) is 0 Å². The van der Waals surface area contributed by atoms with E-state index < -0.39 is 24.0 Å². The summed E-state index contributed by atoms with van der Waals surface area (Å²) in [4.78, 5) is 23.4. The number of nitrogens with two attached hydrogens (primary N) is 1. The molecular weight excluding hydrogens is 377 g/mol. The first-order chi connectivity index (χ1) is 13.9. The van der Waals surface area contributed by atoms with Crippen LogP contribution in [-0.4, -0.2) is 44.5 Å². The van der Waals surface area contributed by atoms with Gasteiger partial charge in [-0.1, -0.05) is 47.7 Å². The number of H-pyrrole nitrogens is 1. The number of benzene rings is 2. The summed E-state index contributed by atoms with van der Waals surface area (Å²) in [6.45, 7) is 0. The fraction of sp³-hybridized carbons (Fsp3) is 0.200. The normalized spacial score (nSPS) is 12.9. The molecule has 0 bridgehead atoms. The zero-order chi connectivity index (χ0) is 20.8. The molecule has 0 saturated heterocycles. The van der Waals surface area contributed by atoms with E-state index in [1.54, 1.807) is 30.3 Å². The van der Waals surface area contributed by atoms with Crippen molar-refractivity contribution in [2.75, 3.05) is 0 Å². The highest BCUT2D eigenvalue weighted by atomic mass is 19.1. The zero-order valence-electron chi connectivity index (χ0n) is 15.4. The van der Waals surface area contributed by atoms with Gasteiger partial charge < -0.3 is 16.2 Å². The molecule has 0 aliphatic rings. The Hall–Kier alpha value is -3.59. The van der Waals surface area contributed by atoms with Crippen molar-refractivity contribution in [3.63, 3.8) is 0 Å². The molecule has 0 aliphatic carbocycles. The molecular formula is C20H20FN5O3. The van der Waals surface area contributed by atoms with Crippen LogP contribution in [0.4, 0.5) is 4.39 Å².